The van der Waals surface area contributed by atoms with Gasteiger partial charge in [0.1, 0.15) is 0 Å². The maximum atomic E-state index is 5.63. The fraction of sp³-hybridized carbons (Fsp3) is 0.500. The Morgan fingerprint density at radius 2 is 2.13 bits per heavy atom. The van der Waals surface area contributed by atoms with Crippen LogP contribution in [0.2, 0.25) is 0 Å². The van der Waals surface area contributed by atoms with Crippen molar-refractivity contribution < 1.29 is 21.1 Å². The van der Waals surface area contributed by atoms with E-state index in [1.54, 1.807) is 0 Å². The maximum absolute atomic E-state index is 5.63. The molecule has 1 nitrogen and oxygen atoms in total. The molecule has 0 atom stereocenters. The number of rotatable bonds is 4. The molecule has 0 bridgehead atoms. The van der Waals surface area contributed by atoms with E-state index in [1.165, 1.54) is 16.3 Å². The number of hydrogen-bond acceptors (Lipinski definition) is 1. The summed E-state index contributed by atoms with van der Waals surface area (Å²) in [6.07, 6.45) is 1.11. The summed E-state index contributed by atoms with van der Waals surface area (Å²) < 4.78 is 5.63. The van der Waals surface area contributed by atoms with Crippen molar-refractivity contribution in [1.29, 1.82) is 0 Å². The van der Waals surface area contributed by atoms with Crippen LogP contribution >= 0.6 is 13.6 Å². The number of halogens is 1. The monoisotopic (exact) mass is 320 g/mol. The first-order chi connectivity index (χ1) is 7.20. The Morgan fingerprint density at radius 1 is 1.47 bits per heavy atom. The fourth-order valence-electron chi connectivity index (χ4n) is 1.07. The van der Waals surface area contributed by atoms with Crippen LogP contribution in [0.3, 0.4) is 0 Å². The topological polar surface area (TPSA) is 9.23 Å². The van der Waals surface area contributed by atoms with Gasteiger partial charge >= 0.3 is 30.0 Å². The Hall–Kier alpha value is 0.123. The van der Waals surface area contributed by atoms with Gasteiger partial charge in [0.15, 0.2) is 0 Å². The molecule has 0 saturated carbocycles. The molecule has 15 heavy (non-hydrogen) atoms. The van der Waals surface area contributed by atoms with Crippen molar-refractivity contribution >= 4 is 13.6 Å². The molecule has 3 heteroatoms. The normalized spacial score (nSPS) is 9.53. The molecule has 0 aromatic heterocycles. The van der Waals surface area contributed by atoms with E-state index < -0.39 is 0 Å². The molecule has 0 aliphatic rings. The van der Waals surface area contributed by atoms with E-state index in [-0.39, 0.29) is 0 Å². The molecule has 1 aromatic rings. The SMILES string of the molecule is Cc1c[c-]ccc1OCCC(C)C.[Zn+][Br]. The summed E-state index contributed by atoms with van der Waals surface area (Å²) in [5.41, 5.74) is 1.16. The van der Waals surface area contributed by atoms with Crippen LogP contribution in [0.15, 0.2) is 18.2 Å². The van der Waals surface area contributed by atoms with E-state index in [0.717, 1.165) is 24.3 Å². The van der Waals surface area contributed by atoms with Crippen LogP contribution in [0.1, 0.15) is 25.8 Å². The van der Waals surface area contributed by atoms with Crippen molar-refractivity contribution in [3.05, 3.63) is 29.8 Å². The summed E-state index contributed by atoms with van der Waals surface area (Å²) in [5, 5.41) is 0. The average molecular weight is 323 g/mol. The molecule has 0 heterocycles. The third kappa shape index (κ3) is 7.08. The number of ether oxygens (including phenoxy) is 1. The second-order valence-corrected chi connectivity index (χ2v) is 3.72. The minimum atomic E-state index is 0.704. The summed E-state index contributed by atoms with van der Waals surface area (Å²) in [4.78, 5) is 0. The second kappa shape index (κ2) is 9.36. The zero-order valence-electron chi connectivity index (χ0n) is 9.72. The van der Waals surface area contributed by atoms with Gasteiger partial charge < -0.3 is 4.74 Å². The molecule has 0 amide bonds. The van der Waals surface area contributed by atoms with Gasteiger partial charge in [-0.05, 0) is 12.3 Å². The summed E-state index contributed by atoms with van der Waals surface area (Å²) >= 11 is 4.25. The Labute approximate surface area is 110 Å². The predicted molar refractivity (Wildman–Crippen MR) is 63.9 cm³/mol. The number of benzene rings is 1. The van der Waals surface area contributed by atoms with Crippen molar-refractivity contribution in [1.82, 2.24) is 0 Å². The Morgan fingerprint density at radius 3 is 2.67 bits per heavy atom. The quantitative estimate of drug-likeness (QED) is 0.600. The van der Waals surface area contributed by atoms with Crippen molar-refractivity contribution in [3.63, 3.8) is 0 Å². The van der Waals surface area contributed by atoms with Crippen molar-refractivity contribution in [2.45, 2.75) is 27.2 Å². The van der Waals surface area contributed by atoms with E-state index in [9.17, 15) is 0 Å². The summed E-state index contributed by atoms with van der Waals surface area (Å²) in [6.45, 7) is 7.26. The van der Waals surface area contributed by atoms with Crippen molar-refractivity contribution in [2.75, 3.05) is 6.61 Å². The van der Waals surface area contributed by atoms with Crippen LogP contribution in [0, 0.1) is 18.9 Å². The molecule has 0 spiro atoms. The van der Waals surface area contributed by atoms with Crippen LogP contribution in [0.4, 0.5) is 0 Å². The van der Waals surface area contributed by atoms with E-state index >= 15 is 0 Å². The zero-order valence-corrected chi connectivity index (χ0v) is 14.3. The Balaban J connectivity index is 0.000000921. The van der Waals surface area contributed by atoms with Crippen molar-refractivity contribution in [2.24, 2.45) is 5.92 Å². The van der Waals surface area contributed by atoms with Gasteiger partial charge in [0, 0.05) is 5.75 Å². The van der Waals surface area contributed by atoms with Gasteiger partial charge in [-0.3, -0.25) is 0 Å². The molecule has 0 N–H and O–H groups in total. The summed E-state index contributed by atoms with van der Waals surface area (Å²) in [7, 11) is 0. The molecule has 0 fully saturated rings. The number of hydrogen-bond donors (Lipinski definition) is 0. The van der Waals surface area contributed by atoms with Gasteiger partial charge in [-0.2, -0.15) is 18.2 Å². The first kappa shape index (κ1) is 15.1. The molecule has 1 rings (SSSR count). The second-order valence-electron chi connectivity index (χ2n) is 3.72. The molecular weight excluding hydrogens is 305 g/mol. The van der Waals surface area contributed by atoms with E-state index in [1.807, 2.05) is 25.1 Å². The van der Waals surface area contributed by atoms with E-state index in [0.29, 0.717) is 5.92 Å². The van der Waals surface area contributed by atoms with Crippen LogP contribution in [0.5, 0.6) is 5.75 Å². The van der Waals surface area contributed by atoms with Gasteiger partial charge in [-0.15, -0.1) is 11.6 Å². The molecule has 0 saturated heterocycles. The predicted octanol–water partition coefficient (Wildman–Crippen LogP) is 4.06. The van der Waals surface area contributed by atoms with Crippen LogP contribution in [-0.4, -0.2) is 6.61 Å². The molecule has 1 aromatic carbocycles. The first-order valence-corrected chi connectivity index (χ1v) is 12.0. The summed E-state index contributed by atoms with van der Waals surface area (Å²) in [5.74, 6) is 1.69. The van der Waals surface area contributed by atoms with Gasteiger partial charge in [-0.1, -0.05) is 20.8 Å². The first-order valence-electron chi connectivity index (χ1n) is 5.06. The fourth-order valence-corrected chi connectivity index (χ4v) is 1.07. The van der Waals surface area contributed by atoms with Crippen molar-refractivity contribution in [3.8, 4) is 5.75 Å². The van der Waals surface area contributed by atoms with Gasteiger partial charge in [0.25, 0.3) is 0 Å². The molecule has 80 valence electrons. The van der Waals surface area contributed by atoms with Gasteiger partial charge in [0.2, 0.25) is 0 Å². The average Bonchev–Trinajstić information content (AvgIpc) is 2.23. The van der Waals surface area contributed by atoms with Crippen LogP contribution < -0.4 is 4.74 Å². The molecule has 0 aliphatic carbocycles. The molecule has 0 aliphatic heterocycles. The van der Waals surface area contributed by atoms with E-state index in [2.05, 4.69) is 33.5 Å². The van der Waals surface area contributed by atoms with Gasteiger partial charge in [0.05, 0.1) is 6.61 Å². The van der Waals surface area contributed by atoms with E-state index in [4.69, 9.17) is 4.74 Å². The summed E-state index contributed by atoms with van der Waals surface area (Å²) in [6, 6.07) is 8.82. The van der Waals surface area contributed by atoms with Crippen LogP contribution in [-0.2, 0) is 16.3 Å². The third-order valence-electron chi connectivity index (χ3n) is 1.97. The Bertz CT molecular complexity index is 264. The zero-order chi connectivity index (χ0) is 11.7. The standard InChI is InChI=1S/C12H17O.BrH.Zn/c1-10(2)8-9-13-12-7-5-4-6-11(12)3;;/h5-7,10H,8-9H2,1-3H3;1H;/q-1;;+2/p-1. The third-order valence-corrected chi connectivity index (χ3v) is 1.97. The van der Waals surface area contributed by atoms with Gasteiger partial charge in [-0.25, -0.2) is 0 Å². The molecular formula is C12H17BrOZn. The Kier molecular flexibility index (Phi) is 9.43. The minimum absolute atomic E-state index is 0.704. The molecule has 0 unspecified atom stereocenters. The number of aryl methyl sites for hydroxylation is 1. The molecule has 0 radical (unpaired) electrons. The van der Waals surface area contributed by atoms with Crippen LogP contribution in [0.25, 0.3) is 0 Å².